The van der Waals surface area contributed by atoms with Crippen LogP contribution in [0.1, 0.15) is 76.3 Å². The van der Waals surface area contributed by atoms with E-state index in [-0.39, 0.29) is 30.9 Å². The third kappa shape index (κ3) is 7.87. The molecule has 29 heavy (non-hydrogen) atoms. The van der Waals surface area contributed by atoms with Gasteiger partial charge in [0.1, 0.15) is 0 Å². The highest BCUT2D eigenvalue weighted by Gasteiger charge is 2.16. The molecule has 1 aliphatic rings. The maximum absolute atomic E-state index is 12.2. The van der Waals surface area contributed by atoms with Crippen LogP contribution in [0.3, 0.4) is 0 Å². The molecule has 1 aliphatic carbocycles. The predicted molar refractivity (Wildman–Crippen MR) is 114 cm³/mol. The monoisotopic (exact) mass is 402 g/mol. The predicted octanol–water partition coefficient (Wildman–Crippen LogP) is 3.91. The van der Waals surface area contributed by atoms with Crippen LogP contribution in [0.5, 0.6) is 0 Å². The van der Waals surface area contributed by atoms with E-state index in [0.29, 0.717) is 12.8 Å². The van der Waals surface area contributed by atoms with Crippen molar-refractivity contribution in [2.75, 3.05) is 11.9 Å². The average Bonchev–Trinajstić information content (AvgIpc) is 2.73. The molecule has 1 saturated carbocycles. The maximum atomic E-state index is 12.2. The molecule has 1 aromatic carbocycles. The van der Waals surface area contributed by atoms with Gasteiger partial charge in [0.2, 0.25) is 5.91 Å². The summed E-state index contributed by atoms with van der Waals surface area (Å²) in [4.78, 5) is 36.0. The van der Waals surface area contributed by atoms with Crippen molar-refractivity contribution in [1.29, 1.82) is 0 Å². The number of hydrogen-bond acceptors (Lipinski definition) is 4. The van der Waals surface area contributed by atoms with Crippen molar-refractivity contribution in [3.8, 4) is 0 Å². The summed E-state index contributed by atoms with van der Waals surface area (Å²) >= 11 is 0. The summed E-state index contributed by atoms with van der Waals surface area (Å²) in [7, 11) is 0. The van der Waals surface area contributed by atoms with Crippen LogP contribution in [-0.4, -0.2) is 30.4 Å². The summed E-state index contributed by atoms with van der Waals surface area (Å²) in [5.74, 6) is -0.806. The molecule has 2 rings (SSSR count). The van der Waals surface area contributed by atoms with E-state index in [2.05, 4.69) is 10.6 Å². The van der Waals surface area contributed by atoms with E-state index in [1.807, 2.05) is 32.0 Å². The Hall–Kier alpha value is -2.37. The van der Waals surface area contributed by atoms with Crippen molar-refractivity contribution in [3.05, 3.63) is 29.3 Å². The summed E-state index contributed by atoms with van der Waals surface area (Å²) in [6, 6.07) is 6.24. The number of carbonyl (C=O) groups excluding carboxylic acids is 3. The fraction of sp³-hybridized carbons (Fsp3) is 0.609. The maximum Gasteiger partial charge on any atom is 0.306 e. The average molecular weight is 403 g/mol. The van der Waals surface area contributed by atoms with Gasteiger partial charge in [-0.2, -0.15) is 0 Å². The second-order valence-corrected chi connectivity index (χ2v) is 7.62. The molecule has 1 fully saturated rings. The van der Waals surface area contributed by atoms with Gasteiger partial charge in [0.25, 0.3) is 5.91 Å². The van der Waals surface area contributed by atoms with Gasteiger partial charge in [-0.15, -0.1) is 0 Å². The third-order valence-corrected chi connectivity index (χ3v) is 5.38. The Morgan fingerprint density at radius 3 is 2.24 bits per heavy atom. The Labute approximate surface area is 173 Å². The van der Waals surface area contributed by atoms with Gasteiger partial charge in [0.15, 0.2) is 6.61 Å². The van der Waals surface area contributed by atoms with Crippen molar-refractivity contribution >= 4 is 23.5 Å². The summed E-state index contributed by atoms with van der Waals surface area (Å²) in [6.45, 7) is 3.76. The molecular weight excluding hydrogens is 368 g/mol. The van der Waals surface area contributed by atoms with Gasteiger partial charge >= 0.3 is 5.97 Å². The molecule has 0 aromatic heterocycles. The van der Waals surface area contributed by atoms with Crippen molar-refractivity contribution in [2.24, 2.45) is 0 Å². The van der Waals surface area contributed by atoms with Crippen molar-refractivity contribution in [2.45, 2.75) is 84.1 Å². The van der Waals surface area contributed by atoms with E-state index in [1.54, 1.807) is 0 Å². The molecule has 2 amide bonds. The quantitative estimate of drug-likeness (QED) is 0.581. The minimum absolute atomic E-state index is 0.00860. The molecule has 2 N–H and O–H groups in total. The van der Waals surface area contributed by atoms with E-state index in [0.717, 1.165) is 42.5 Å². The smallest absolute Gasteiger partial charge is 0.306 e. The second kappa shape index (κ2) is 12.2. The summed E-state index contributed by atoms with van der Waals surface area (Å²) in [5, 5.41) is 5.91. The lowest BCUT2D eigenvalue weighted by Gasteiger charge is -2.22. The van der Waals surface area contributed by atoms with Gasteiger partial charge in [0.05, 0.1) is 0 Å². The standard InChI is InChI=1S/C23H34N2O4/c1-3-17-10-8-11-18(4-2)23(17)25-21(27)16-29-22(28)15-9-14-20(26)24-19-12-6-5-7-13-19/h8,10-11,19H,3-7,9,12-16H2,1-2H3,(H,24,26)(H,25,27). The number of benzene rings is 1. The van der Waals surface area contributed by atoms with E-state index < -0.39 is 5.97 Å². The zero-order valence-corrected chi connectivity index (χ0v) is 17.7. The van der Waals surface area contributed by atoms with Crippen LogP contribution >= 0.6 is 0 Å². The number of ether oxygens (including phenoxy) is 1. The first-order valence-electron chi connectivity index (χ1n) is 10.9. The molecule has 1 aromatic rings. The highest BCUT2D eigenvalue weighted by atomic mass is 16.5. The number of esters is 1. The Morgan fingerprint density at radius 2 is 1.62 bits per heavy atom. The molecule has 0 bridgehead atoms. The van der Waals surface area contributed by atoms with Crippen LogP contribution in [0.15, 0.2) is 18.2 Å². The first-order valence-corrected chi connectivity index (χ1v) is 10.9. The SMILES string of the molecule is CCc1cccc(CC)c1NC(=O)COC(=O)CCCC(=O)NC1CCCCC1. The lowest BCUT2D eigenvalue weighted by Crippen LogP contribution is -2.36. The summed E-state index contributed by atoms with van der Waals surface area (Å²) < 4.78 is 5.07. The van der Waals surface area contributed by atoms with Crippen molar-refractivity contribution in [3.63, 3.8) is 0 Å². The van der Waals surface area contributed by atoms with E-state index >= 15 is 0 Å². The highest BCUT2D eigenvalue weighted by molar-refractivity contribution is 5.94. The van der Waals surface area contributed by atoms with E-state index in [4.69, 9.17) is 4.74 Å². The number of para-hydroxylation sites is 1. The Kier molecular flexibility index (Phi) is 9.68. The number of aryl methyl sites for hydroxylation is 2. The number of rotatable bonds is 10. The minimum atomic E-state index is -0.454. The van der Waals surface area contributed by atoms with Gasteiger partial charge in [-0.05, 0) is 43.2 Å². The van der Waals surface area contributed by atoms with Crippen molar-refractivity contribution < 1.29 is 19.1 Å². The largest absolute Gasteiger partial charge is 0.456 e. The zero-order chi connectivity index (χ0) is 21.1. The fourth-order valence-electron chi connectivity index (χ4n) is 3.74. The normalized spacial score (nSPS) is 14.3. The first kappa shape index (κ1) is 22.9. The number of amides is 2. The number of anilines is 1. The fourth-order valence-corrected chi connectivity index (χ4v) is 3.74. The Balaban J connectivity index is 1.67. The molecule has 160 valence electrons. The van der Waals surface area contributed by atoms with Crippen LogP contribution in [0.25, 0.3) is 0 Å². The van der Waals surface area contributed by atoms with Gasteiger partial charge in [-0.1, -0.05) is 51.3 Å². The molecule has 0 radical (unpaired) electrons. The van der Waals surface area contributed by atoms with Crippen LogP contribution < -0.4 is 10.6 Å². The summed E-state index contributed by atoms with van der Waals surface area (Å²) in [5.41, 5.74) is 2.94. The lowest BCUT2D eigenvalue weighted by molar-refractivity contribution is -0.147. The molecule has 0 unspecified atom stereocenters. The molecule has 0 spiro atoms. The topological polar surface area (TPSA) is 84.5 Å². The Morgan fingerprint density at radius 1 is 0.966 bits per heavy atom. The number of carbonyl (C=O) groups is 3. The van der Waals surface area contributed by atoms with Crippen LogP contribution in [0.2, 0.25) is 0 Å². The van der Waals surface area contributed by atoms with Crippen LogP contribution in [0, 0.1) is 0 Å². The first-order chi connectivity index (χ1) is 14.0. The van der Waals surface area contributed by atoms with Crippen LogP contribution in [0.4, 0.5) is 5.69 Å². The van der Waals surface area contributed by atoms with E-state index in [1.165, 1.54) is 19.3 Å². The Bertz CT molecular complexity index is 674. The molecular formula is C23H34N2O4. The van der Waals surface area contributed by atoms with Gasteiger partial charge < -0.3 is 15.4 Å². The van der Waals surface area contributed by atoms with Gasteiger partial charge in [-0.25, -0.2) is 0 Å². The van der Waals surface area contributed by atoms with Crippen molar-refractivity contribution in [1.82, 2.24) is 5.32 Å². The molecule has 0 heterocycles. The zero-order valence-electron chi connectivity index (χ0n) is 17.7. The number of hydrogen-bond donors (Lipinski definition) is 2. The van der Waals surface area contributed by atoms with E-state index in [9.17, 15) is 14.4 Å². The molecule has 6 nitrogen and oxygen atoms in total. The van der Waals surface area contributed by atoms with Gasteiger partial charge in [0, 0.05) is 24.6 Å². The molecule has 0 aliphatic heterocycles. The lowest BCUT2D eigenvalue weighted by atomic mass is 9.95. The third-order valence-electron chi connectivity index (χ3n) is 5.38. The van der Waals surface area contributed by atoms with Gasteiger partial charge in [-0.3, -0.25) is 14.4 Å². The molecule has 0 saturated heterocycles. The number of nitrogens with one attached hydrogen (secondary N) is 2. The second-order valence-electron chi connectivity index (χ2n) is 7.62. The molecule has 6 heteroatoms. The summed E-state index contributed by atoms with van der Waals surface area (Å²) in [6.07, 6.45) is 8.17. The molecule has 0 atom stereocenters. The highest BCUT2D eigenvalue weighted by Crippen LogP contribution is 2.22. The minimum Gasteiger partial charge on any atom is -0.456 e. The van der Waals surface area contributed by atoms with Crippen LogP contribution in [-0.2, 0) is 32.0 Å².